The normalized spacial score (nSPS) is 12.0. The van der Waals surface area contributed by atoms with Gasteiger partial charge >= 0.3 is 0 Å². The van der Waals surface area contributed by atoms with Crippen LogP contribution in [0, 0.1) is 0 Å². The van der Waals surface area contributed by atoms with Gasteiger partial charge in [-0.25, -0.2) is 8.42 Å². The average molecular weight is 527 g/mol. The molecular weight excluding hydrogens is 492 g/mol. The van der Waals surface area contributed by atoms with E-state index < -0.39 is 9.84 Å². The predicted octanol–water partition coefficient (Wildman–Crippen LogP) is 5.87. The second-order valence-electron chi connectivity index (χ2n) is 9.55. The molecule has 0 saturated heterocycles. The standard InChI is InChI=1S/C29H34O7S/c1-29(2,3)22-9-8-10-23(17-22)37(31,32)18-21-16-25(33-4)24(30)15-20(21)12-11-19-13-26(34-5)28(36-7)27(14-19)35-6/h8-17,30H,18H2,1-7H3/b12-11-. The molecule has 0 amide bonds. The number of phenols is 1. The Balaban J connectivity index is 2.06. The van der Waals surface area contributed by atoms with Gasteiger partial charge in [0.2, 0.25) is 5.75 Å². The maximum absolute atomic E-state index is 13.5. The zero-order valence-electron chi connectivity index (χ0n) is 22.3. The van der Waals surface area contributed by atoms with Gasteiger partial charge in [-0.1, -0.05) is 45.1 Å². The van der Waals surface area contributed by atoms with Gasteiger partial charge in [-0.05, 0) is 64.1 Å². The Morgan fingerprint density at radius 2 is 1.43 bits per heavy atom. The third kappa shape index (κ3) is 6.38. The molecule has 7 nitrogen and oxygen atoms in total. The lowest BCUT2D eigenvalue weighted by Crippen LogP contribution is -2.13. The molecule has 3 rings (SSSR count). The molecule has 0 bridgehead atoms. The van der Waals surface area contributed by atoms with Crippen LogP contribution in [0.1, 0.15) is 43.0 Å². The third-order valence-corrected chi connectivity index (χ3v) is 7.65. The summed E-state index contributed by atoms with van der Waals surface area (Å²) in [7, 11) is 2.32. The fraction of sp³-hybridized carbons (Fsp3) is 0.310. The highest BCUT2D eigenvalue weighted by Crippen LogP contribution is 2.39. The van der Waals surface area contributed by atoms with Crippen molar-refractivity contribution in [2.45, 2.75) is 36.8 Å². The number of phenolic OH excluding ortho intramolecular Hbond substituents is 1. The Labute approximate surface area is 219 Å². The number of sulfone groups is 1. The van der Waals surface area contributed by atoms with E-state index in [0.29, 0.717) is 28.4 Å². The van der Waals surface area contributed by atoms with Crippen molar-refractivity contribution in [2.75, 3.05) is 28.4 Å². The largest absolute Gasteiger partial charge is 0.504 e. The zero-order chi connectivity index (χ0) is 27.4. The van der Waals surface area contributed by atoms with Crippen molar-refractivity contribution in [3.05, 3.63) is 70.8 Å². The molecule has 37 heavy (non-hydrogen) atoms. The van der Waals surface area contributed by atoms with Crippen molar-refractivity contribution < 1.29 is 32.5 Å². The van der Waals surface area contributed by atoms with E-state index in [1.165, 1.54) is 34.5 Å². The Hall–Kier alpha value is -3.65. The number of rotatable bonds is 9. The molecule has 0 aliphatic heterocycles. The minimum atomic E-state index is -3.70. The molecule has 0 atom stereocenters. The van der Waals surface area contributed by atoms with Gasteiger partial charge in [-0.3, -0.25) is 0 Å². The molecule has 0 unspecified atom stereocenters. The van der Waals surface area contributed by atoms with E-state index in [1.807, 2.05) is 26.8 Å². The van der Waals surface area contributed by atoms with Gasteiger partial charge in [0.05, 0.1) is 39.1 Å². The van der Waals surface area contributed by atoms with Crippen LogP contribution in [-0.4, -0.2) is 42.0 Å². The van der Waals surface area contributed by atoms with Crippen molar-refractivity contribution >= 4 is 22.0 Å². The average Bonchev–Trinajstić information content (AvgIpc) is 2.87. The molecule has 1 N–H and O–H groups in total. The van der Waals surface area contributed by atoms with E-state index in [0.717, 1.165) is 11.1 Å². The van der Waals surface area contributed by atoms with Gasteiger partial charge in [0.25, 0.3) is 0 Å². The lowest BCUT2D eigenvalue weighted by Gasteiger charge is -2.20. The molecule has 8 heteroatoms. The first-order chi connectivity index (χ1) is 17.4. The number of hydrogen-bond donors (Lipinski definition) is 1. The summed E-state index contributed by atoms with van der Waals surface area (Å²) in [5.74, 6) is 1.27. The van der Waals surface area contributed by atoms with Gasteiger partial charge in [0.15, 0.2) is 32.8 Å². The number of benzene rings is 3. The van der Waals surface area contributed by atoms with E-state index in [4.69, 9.17) is 18.9 Å². The van der Waals surface area contributed by atoms with Crippen molar-refractivity contribution in [2.24, 2.45) is 0 Å². The van der Waals surface area contributed by atoms with Crippen molar-refractivity contribution in [3.63, 3.8) is 0 Å². The summed E-state index contributed by atoms with van der Waals surface area (Å²) in [6.45, 7) is 6.11. The first-order valence-electron chi connectivity index (χ1n) is 11.6. The highest BCUT2D eigenvalue weighted by Gasteiger charge is 2.22. The highest BCUT2D eigenvalue weighted by molar-refractivity contribution is 7.90. The van der Waals surface area contributed by atoms with E-state index in [1.54, 1.807) is 48.6 Å². The Kier molecular flexibility index (Phi) is 8.43. The zero-order valence-corrected chi connectivity index (χ0v) is 23.1. The van der Waals surface area contributed by atoms with E-state index in [9.17, 15) is 13.5 Å². The molecule has 0 aliphatic rings. The van der Waals surface area contributed by atoms with Crippen LogP contribution >= 0.6 is 0 Å². The smallest absolute Gasteiger partial charge is 0.203 e. The fourth-order valence-electron chi connectivity index (χ4n) is 3.90. The molecule has 0 aromatic heterocycles. The molecule has 0 saturated carbocycles. The second kappa shape index (κ2) is 11.2. The molecule has 0 heterocycles. The Morgan fingerprint density at radius 3 is 1.97 bits per heavy atom. The summed E-state index contributed by atoms with van der Waals surface area (Å²) in [4.78, 5) is 0.242. The molecular formula is C29H34O7S. The summed E-state index contributed by atoms with van der Waals surface area (Å²) in [5.41, 5.74) is 2.49. The molecule has 3 aromatic rings. The maximum Gasteiger partial charge on any atom is 0.203 e. The third-order valence-electron chi connectivity index (χ3n) is 5.99. The van der Waals surface area contributed by atoms with Gasteiger partial charge < -0.3 is 24.1 Å². The van der Waals surface area contributed by atoms with E-state index >= 15 is 0 Å². The Bertz CT molecular complexity index is 1380. The molecule has 0 aliphatic carbocycles. The van der Waals surface area contributed by atoms with Crippen molar-refractivity contribution in [1.29, 1.82) is 0 Å². The quantitative estimate of drug-likeness (QED) is 0.349. The molecule has 0 fully saturated rings. The van der Waals surface area contributed by atoms with Gasteiger partial charge in [-0.2, -0.15) is 0 Å². The number of hydrogen-bond acceptors (Lipinski definition) is 7. The van der Waals surface area contributed by atoms with Crippen LogP contribution < -0.4 is 18.9 Å². The van der Waals surface area contributed by atoms with Crippen molar-refractivity contribution in [1.82, 2.24) is 0 Å². The predicted molar refractivity (Wildman–Crippen MR) is 146 cm³/mol. The molecule has 0 radical (unpaired) electrons. The minimum absolute atomic E-state index is 0.0945. The lowest BCUT2D eigenvalue weighted by atomic mass is 9.87. The van der Waals surface area contributed by atoms with Crippen LogP contribution in [0.3, 0.4) is 0 Å². The van der Waals surface area contributed by atoms with Gasteiger partial charge in [0.1, 0.15) is 0 Å². The number of aromatic hydroxyl groups is 1. The lowest BCUT2D eigenvalue weighted by molar-refractivity contribution is 0.324. The van der Waals surface area contributed by atoms with Crippen LogP contribution in [0.2, 0.25) is 0 Å². The van der Waals surface area contributed by atoms with Crippen LogP contribution in [0.4, 0.5) is 0 Å². The number of methoxy groups -OCH3 is 4. The summed E-state index contributed by atoms with van der Waals surface area (Å²) in [6, 6.07) is 13.6. The van der Waals surface area contributed by atoms with Gasteiger partial charge in [-0.15, -0.1) is 0 Å². The monoisotopic (exact) mass is 526 g/mol. The highest BCUT2D eigenvalue weighted by atomic mass is 32.2. The van der Waals surface area contributed by atoms with E-state index in [-0.39, 0.29) is 27.6 Å². The van der Waals surface area contributed by atoms with E-state index in [2.05, 4.69) is 0 Å². The second-order valence-corrected chi connectivity index (χ2v) is 11.5. The molecule has 198 valence electrons. The fourth-order valence-corrected chi connectivity index (χ4v) is 5.32. The first kappa shape index (κ1) is 27.9. The van der Waals surface area contributed by atoms with Crippen LogP contribution in [0.25, 0.3) is 12.2 Å². The van der Waals surface area contributed by atoms with Crippen LogP contribution in [0.15, 0.2) is 53.4 Å². The minimum Gasteiger partial charge on any atom is -0.504 e. The van der Waals surface area contributed by atoms with Crippen LogP contribution in [0.5, 0.6) is 28.7 Å². The molecule has 3 aromatic carbocycles. The van der Waals surface area contributed by atoms with Crippen LogP contribution in [-0.2, 0) is 21.0 Å². The summed E-state index contributed by atoms with van der Waals surface area (Å²) in [5, 5.41) is 10.4. The topological polar surface area (TPSA) is 91.3 Å². The summed E-state index contributed by atoms with van der Waals surface area (Å²) in [6.07, 6.45) is 3.51. The van der Waals surface area contributed by atoms with Crippen molar-refractivity contribution in [3.8, 4) is 28.7 Å². The summed E-state index contributed by atoms with van der Waals surface area (Å²) < 4.78 is 48.4. The maximum atomic E-state index is 13.5. The summed E-state index contributed by atoms with van der Waals surface area (Å²) >= 11 is 0. The Morgan fingerprint density at radius 1 is 0.811 bits per heavy atom. The molecule has 0 spiro atoms. The van der Waals surface area contributed by atoms with Gasteiger partial charge in [0, 0.05) is 0 Å². The first-order valence-corrected chi connectivity index (χ1v) is 13.3. The number of ether oxygens (including phenoxy) is 4. The SMILES string of the molecule is COc1cc(CS(=O)(=O)c2cccc(C(C)(C)C)c2)c(/C=C\c2cc(OC)c(OC)c(OC)c2)cc1O.